The van der Waals surface area contributed by atoms with E-state index in [2.05, 4.69) is 0 Å². The molecule has 2 amide bonds. The van der Waals surface area contributed by atoms with Crippen molar-refractivity contribution < 1.29 is 14.3 Å². The van der Waals surface area contributed by atoms with E-state index in [1.807, 2.05) is 0 Å². The maximum Gasteiger partial charge on any atom is 0.417 e. The first kappa shape index (κ1) is 16.0. The lowest BCUT2D eigenvalue weighted by Crippen LogP contribution is -2.52. The lowest BCUT2D eigenvalue weighted by atomic mass is 9.94. The summed E-state index contributed by atoms with van der Waals surface area (Å²) in [6.45, 7) is 6.98. The molecule has 0 radical (unpaired) electrons. The summed E-state index contributed by atoms with van der Waals surface area (Å²) in [5.41, 5.74) is 5.04. The van der Waals surface area contributed by atoms with Crippen LogP contribution in [0, 0.1) is 0 Å². The first-order chi connectivity index (χ1) is 8.72. The third-order valence-corrected chi connectivity index (χ3v) is 3.16. The Morgan fingerprint density at radius 2 is 1.74 bits per heavy atom. The van der Waals surface area contributed by atoms with Crippen molar-refractivity contribution in [2.24, 2.45) is 5.73 Å². The summed E-state index contributed by atoms with van der Waals surface area (Å²) in [5, 5.41) is 0. The van der Waals surface area contributed by atoms with E-state index in [0.717, 1.165) is 32.1 Å². The average molecular weight is 270 g/mol. The second-order valence-corrected chi connectivity index (χ2v) is 6.27. The number of nitrogens with zero attached hydrogens (tertiary/aromatic N) is 1. The van der Waals surface area contributed by atoms with E-state index in [0.29, 0.717) is 0 Å². The lowest BCUT2D eigenvalue weighted by molar-refractivity contribution is -0.134. The molecule has 5 heteroatoms. The fourth-order valence-corrected chi connectivity index (χ4v) is 2.29. The number of hydrogen-bond acceptors (Lipinski definition) is 4. The molecule has 0 bridgehead atoms. The predicted molar refractivity (Wildman–Crippen MR) is 73.6 cm³/mol. The zero-order valence-electron chi connectivity index (χ0n) is 12.4. The fourth-order valence-electron chi connectivity index (χ4n) is 2.29. The van der Waals surface area contributed by atoms with Gasteiger partial charge in [0.25, 0.3) is 0 Å². The van der Waals surface area contributed by atoms with Gasteiger partial charge in [0.2, 0.25) is 5.91 Å². The number of carbonyl (C=O) groups is 2. The second kappa shape index (κ2) is 6.37. The maximum absolute atomic E-state index is 12.2. The van der Waals surface area contributed by atoms with Gasteiger partial charge in [0.1, 0.15) is 5.60 Å². The van der Waals surface area contributed by atoms with Gasteiger partial charge in [-0.2, -0.15) is 0 Å². The molecule has 1 rings (SSSR count). The summed E-state index contributed by atoms with van der Waals surface area (Å²) >= 11 is 0. The van der Waals surface area contributed by atoms with Crippen molar-refractivity contribution in [2.75, 3.05) is 0 Å². The van der Waals surface area contributed by atoms with E-state index in [4.69, 9.17) is 10.5 Å². The summed E-state index contributed by atoms with van der Waals surface area (Å²) in [6, 6.07) is -0.753. The Morgan fingerprint density at radius 3 is 2.16 bits per heavy atom. The Kier molecular flexibility index (Phi) is 5.35. The molecular weight excluding hydrogens is 244 g/mol. The third kappa shape index (κ3) is 4.82. The Labute approximate surface area is 115 Å². The summed E-state index contributed by atoms with van der Waals surface area (Å²) in [6.07, 6.45) is 4.36. The van der Waals surface area contributed by atoms with E-state index in [1.165, 1.54) is 4.90 Å². The smallest absolute Gasteiger partial charge is 0.417 e. The van der Waals surface area contributed by atoms with E-state index < -0.39 is 17.7 Å². The molecule has 0 aromatic carbocycles. The molecule has 110 valence electrons. The average Bonchev–Trinajstić information content (AvgIpc) is 2.28. The standard InChI is InChI=1S/C14H26N2O3/c1-10(15)12(17)16(11-8-6-5-7-9-11)13(18)19-14(2,3)4/h10-11H,5-9,15H2,1-4H3/t10-/m0/s1. The number of amides is 2. The van der Waals surface area contributed by atoms with Crippen LogP contribution in [0.25, 0.3) is 0 Å². The van der Waals surface area contributed by atoms with Crippen LogP contribution >= 0.6 is 0 Å². The molecule has 2 N–H and O–H groups in total. The van der Waals surface area contributed by atoms with Gasteiger partial charge in [-0.05, 0) is 40.5 Å². The van der Waals surface area contributed by atoms with Gasteiger partial charge in [-0.25, -0.2) is 9.69 Å². The summed E-state index contributed by atoms with van der Waals surface area (Å²) in [5.74, 6) is -0.346. The van der Waals surface area contributed by atoms with Crippen LogP contribution in [0.5, 0.6) is 0 Å². The van der Waals surface area contributed by atoms with Crippen LogP contribution in [0.15, 0.2) is 0 Å². The Bertz CT molecular complexity index is 328. The number of rotatable bonds is 2. The number of ether oxygens (including phenoxy) is 1. The van der Waals surface area contributed by atoms with Gasteiger partial charge in [0, 0.05) is 6.04 Å². The molecule has 1 saturated carbocycles. The number of imide groups is 1. The van der Waals surface area contributed by atoms with Crippen LogP contribution in [0.2, 0.25) is 0 Å². The van der Waals surface area contributed by atoms with E-state index in [9.17, 15) is 9.59 Å². The van der Waals surface area contributed by atoms with Crippen molar-refractivity contribution in [1.82, 2.24) is 4.90 Å². The molecule has 1 fully saturated rings. The number of carbonyl (C=O) groups excluding carboxylic acids is 2. The van der Waals surface area contributed by atoms with Gasteiger partial charge in [-0.3, -0.25) is 4.79 Å². The highest BCUT2D eigenvalue weighted by Gasteiger charge is 2.35. The number of nitrogens with two attached hydrogens (primary N) is 1. The minimum Gasteiger partial charge on any atom is -0.443 e. The highest BCUT2D eigenvalue weighted by molar-refractivity contribution is 5.95. The van der Waals surface area contributed by atoms with Gasteiger partial charge >= 0.3 is 6.09 Å². The van der Waals surface area contributed by atoms with Crippen molar-refractivity contribution in [1.29, 1.82) is 0 Å². The van der Waals surface area contributed by atoms with Crippen molar-refractivity contribution in [3.63, 3.8) is 0 Å². The monoisotopic (exact) mass is 270 g/mol. The third-order valence-electron chi connectivity index (χ3n) is 3.16. The lowest BCUT2D eigenvalue weighted by Gasteiger charge is -2.34. The van der Waals surface area contributed by atoms with Gasteiger partial charge in [-0.1, -0.05) is 19.3 Å². The van der Waals surface area contributed by atoms with Crippen LogP contribution in [0.3, 0.4) is 0 Å². The Balaban J connectivity index is 2.85. The Hall–Kier alpha value is -1.10. The molecule has 0 aromatic rings. The largest absolute Gasteiger partial charge is 0.443 e. The molecule has 0 aliphatic heterocycles. The molecule has 0 aromatic heterocycles. The van der Waals surface area contributed by atoms with Gasteiger partial charge in [0.15, 0.2) is 0 Å². The SMILES string of the molecule is C[C@H](N)C(=O)N(C(=O)OC(C)(C)C)C1CCCCC1. The molecule has 1 atom stereocenters. The van der Waals surface area contributed by atoms with Crippen molar-refractivity contribution in [2.45, 2.75) is 77.5 Å². The quantitative estimate of drug-likeness (QED) is 0.836. The molecule has 0 saturated heterocycles. The maximum atomic E-state index is 12.2. The van der Waals surface area contributed by atoms with Crippen LogP contribution < -0.4 is 5.73 Å². The van der Waals surface area contributed by atoms with Crippen LogP contribution in [-0.2, 0) is 9.53 Å². The highest BCUT2D eigenvalue weighted by atomic mass is 16.6. The molecule has 5 nitrogen and oxygen atoms in total. The molecule has 19 heavy (non-hydrogen) atoms. The minimum atomic E-state index is -0.686. The zero-order chi connectivity index (χ0) is 14.6. The van der Waals surface area contributed by atoms with E-state index in [-0.39, 0.29) is 11.9 Å². The molecule has 1 aliphatic carbocycles. The highest BCUT2D eigenvalue weighted by Crippen LogP contribution is 2.24. The van der Waals surface area contributed by atoms with Gasteiger partial charge in [0.05, 0.1) is 6.04 Å². The molecule has 1 aliphatic rings. The number of hydrogen-bond donors (Lipinski definition) is 1. The molecule has 0 spiro atoms. The Morgan fingerprint density at radius 1 is 1.21 bits per heavy atom. The normalized spacial score (nSPS) is 18.8. The summed E-state index contributed by atoms with van der Waals surface area (Å²) in [7, 11) is 0. The topological polar surface area (TPSA) is 72.6 Å². The first-order valence-corrected chi connectivity index (χ1v) is 7.04. The minimum absolute atomic E-state index is 0.0675. The second-order valence-electron chi connectivity index (χ2n) is 6.27. The molecular formula is C14H26N2O3. The fraction of sp³-hybridized carbons (Fsp3) is 0.857. The van der Waals surface area contributed by atoms with E-state index in [1.54, 1.807) is 27.7 Å². The first-order valence-electron chi connectivity index (χ1n) is 7.04. The molecule has 0 unspecified atom stereocenters. The summed E-state index contributed by atoms with van der Waals surface area (Å²) < 4.78 is 5.33. The van der Waals surface area contributed by atoms with E-state index >= 15 is 0 Å². The van der Waals surface area contributed by atoms with Crippen LogP contribution in [0.1, 0.15) is 59.8 Å². The summed E-state index contributed by atoms with van der Waals surface area (Å²) in [4.78, 5) is 25.6. The van der Waals surface area contributed by atoms with Crippen LogP contribution in [-0.4, -0.2) is 34.6 Å². The van der Waals surface area contributed by atoms with Gasteiger partial charge in [-0.15, -0.1) is 0 Å². The van der Waals surface area contributed by atoms with Crippen LogP contribution in [0.4, 0.5) is 4.79 Å². The van der Waals surface area contributed by atoms with Crippen molar-refractivity contribution >= 4 is 12.0 Å². The van der Waals surface area contributed by atoms with Crippen molar-refractivity contribution in [3.05, 3.63) is 0 Å². The predicted octanol–water partition coefficient (Wildman–Crippen LogP) is 2.43. The molecule has 0 heterocycles. The zero-order valence-corrected chi connectivity index (χ0v) is 12.4. The van der Waals surface area contributed by atoms with Crippen molar-refractivity contribution in [3.8, 4) is 0 Å². The van der Waals surface area contributed by atoms with Gasteiger partial charge < -0.3 is 10.5 Å².